The number of nitriles is 1. The molecule has 2 aliphatic heterocycles. The van der Waals surface area contributed by atoms with E-state index in [9.17, 15) is 9.18 Å². The van der Waals surface area contributed by atoms with Gasteiger partial charge in [-0.3, -0.25) is 4.90 Å². The Morgan fingerprint density at radius 3 is 2.53 bits per heavy atom. The van der Waals surface area contributed by atoms with E-state index in [-0.39, 0.29) is 17.9 Å². The molecule has 5 nitrogen and oxygen atoms in total. The summed E-state index contributed by atoms with van der Waals surface area (Å²) in [5.74, 6) is 0.162. The molecule has 2 amide bonds. The summed E-state index contributed by atoms with van der Waals surface area (Å²) in [6.07, 6.45) is 6.46. The SMILES string of the molecule is N#Cc1ccc(CN2CCC([C@H]3CCCCCN3C(=O)Nc3ccccc3)CC2)c(F)c1. The van der Waals surface area contributed by atoms with Gasteiger partial charge < -0.3 is 10.2 Å². The summed E-state index contributed by atoms with van der Waals surface area (Å²) < 4.78 is 14.3. The highest BCUT2D eigenvalue weighted by atomic mass is 19.1. The van der Waals surface area contributed by atoms with Gasteiger partial charge in [0.1, 0.15) is 5.82 Å². The molecule has 2 heterocycles. The molecule has 2 aliphatic rings. The zero-order valence-corrected chi connectivity index (χ0v) is 18.5. The lowest BCUT2D eigenvalue weighted by Crippen LogP contribution is -2.49. The lowest BCUT2D eigenvalue weighted by Gasteiger charge is -2.40. The van der Waals surface area contributed by atoms with Crippen LogP contribution in [0.3, 0.4) is 0 Å². The van der Waals surface area contributed by atoms with Crippen LogP contribution in [0.2, 0.25) is 0 Å². The molecule has 0 spiro atoms. The first kappa shape index (κ1) is 22.3. The minimum atomic E-state index is -0.307. The number of para-hydroxylation sites is 1. The Morgan fingerprint density at radius 1 is 1.03 bits per heavy atom. The van der Waals surface area contributed by atoms with E-state index in [1.807, 2.05) is 36.4 Å². The maximum absolute atomic E-state index is 14.3. The van der Waals surface area contributed by atoms with Crippen LogP contribution in [-0.4, -0.2) is 41.5 Å². The molecule has 0 aromatic heterocycles. The Kier molecular flexibility index (Phi) is 7.39. The fraction of sp³-hybridized carbons (Fsp3) is 0.462. The van der Waals surface area contributed by atoms with Gasteiger partial charge in [-0.2, -0.15) is 5.26 Å². The second kappa shape index (κ2) is 10.6. The summed E-state index contributed by atoms with van der Waals surface area (Å²) in [5, 5.41) is 12.0. The lowest BCUT2D eigenvalue weighted by molar-refractivity contribution is 0.102. The van der Waals surface area contributed by atoms with Gasteiger partial charge >= 0.3 is 6.03 Å². The van der Waals surface area contributed by atoms with Crippen LogP contribution in [0.1, 0.15) is 49.7 Å². The molecular formula is C26H31FN4O. The molecule has 4 rings (SSSR count). The third-order valence-corrected chi connectivity index (χ3v) is 6.84. The van der Waals surface area contributed by atoms with Gasteiger partial charge in [0.2, 0.25) is 0 Å². The highest BCUT2D eigenvalue weighted by Crippen LogP contribution is 2.31. The average Bonchev–Trinajstić information content (AvgIpc) is 3.08. The minimum Gasteiger partial charge on any atom is -0.321 e. The highest BCUT2D eigenvalue weighted by molar-refractivity contribution is 5.89. The normalized spacial score (nSPS) is 20.4. The van der Waals surface area contributed by atoms with Crippen molar-refractivity contribution in [2.24, 2.45) is 5.92 Å². The predicted octanol–water partition coefficient (Wildman–Crippen LogP) is 5.39. The van der Waals surface area contributed by atoms with E-state index in [1.165, 1.54) is 12.5 Å². The number of amides is 2. The Morgan fingerprint density at radius 2 is 1.81 bits per heavy atom. The van der Waals surface area contributed by atoms with Crippen molar-refractivity contribution in [3.05, 3.63) is 65.5 Å². The van der Waals surface area contributed by atoms with Crippen LogP contribution in [0, 0.1) is 23.1 Å². The number of nitrogens with zero attached hydrogens (tertiary/aromatic N) is 3. The number of hydrogen-bond donors (Lipinski definition) is 1. The Balaban J connectivity index is 1.37. The molecule has 0 bridgehead atoms. The van der Waals surface area contributed by atoms with Crippen LogP contribution in [0.4, 0.5) is 14.9 Å². The minimum absolute atomic E-state index is 0.00480. The van der Waals surface area contributed by atoms with Crippen LogP contribution in [0.5, 0.6) is 0 Å². The number of likely N-dealkylation sites (tertiary alicyclic amines) is 2. The third kappa shape index (κ3) is 5.46. The van der Waals surface area contributed by atoms with E-state index < -0.39 is 0 Å². The van der Waals surface area contributed by atoms with E-state index in [0.717, 1.165) is 57.4 Å². The summed E-state index contributed by atoms with van der Waals surface area (Å²) in [6, 6.07) is 16.6. The van der Waals surface area contributed by atoms with Crippen molar-refractivity contribution in [3.63, 3.8) is 0 Å². The molecule has 0 aliphatic carbocycles. The summed E-state index contributed by atoms with van der Waals surface area (Å²) >= 11 is 0. The van der Waals surface area contributed by atoms with Crippen LogP contribution in [0.15, 0.2) is 48.5 Å². The largest absolute Gasteiger partial charge is 0.322 e. The first-order valence-electron chi connectivity index (χ1n) is 11.7. The van der Waals surface area contributed by atoms with E-state index in [1.54, 1.807) is 12.1 Å². The summed E-state index contributed by atoms with van der Waals surface area (Å²) in [7, 11) is 0. The van der Waals surface area contributed by atoms with Gasteiger partial charge in [0, 0.05) is 30.4 Å². The molecule has 1 atom stereocenters. The number of rotatable bonds is 4. The maximum Gasteiger partial charge on any atom is 0.322 e. The zero-order chi connectivity index (χ0) is 22.3. The summed E-state index contributed by atoms with van der Waals surface area (Å²) in [6.45, 7) is 3.16. The third-order valence-electron chi connectivity index (χ3n) is 6.84. The highest BCUT2D eigenvalue weighted by Gasteiger charge is 2.34. The van der Waals surface area contributed by atoms with E-state index in [4.69, 9.17) is 5.26 Å². The van der Waals surface area contributed by atoms with E-state index in [2.05, 4.69) is 15.1 Å². The second-order valence-electron chi connectivity index (χ2n) is 8.94. The Bertz CT molecular complexity index is 950. The number of carbonyl (C=O) groups excluding carboxylic acids is 1. The van der Waals surface area contributed by atoms with Crippen molar-refractivity contribution in [3.8, 4) is 6.07 Å². The van der Waals surface area contributed by atoms with Crippen molar-refractivity contribution >= 4 is 11.7 Å². The fourth-order valence-corrected chi connectivity index (χ4v) is 5.07. The molecule has 2 aromatic rings. The van der Waals surface area contributed by atoms with Crippen LogP contribution < -0.4 is 5.32 Å². The Hall–Kier alpha value is -2.91. The first-order valence-corrected chi connectivity index (χ1v) is 11.7. The van der Waals surface area contributed by atoms with E-state index in [0.29, 0.717) is 23.6 Å². The zero-order valence-electron chi connectivity index (χ0n) is 18.5. The van der Waals surface area contributed by atoms with Crippen molar-refractivity contribution in [2.75, 3.05) is 25.0 Å². The molecule has 2 aromatic carbocycles. The molecule has 6 heteroatoms. The molecule has 168 valence electrons. The second-order valence-corrected chi connectivity index (χ2v) is 8.94. The van der Waals surface area contributed by atoms with Gasteiger partial charge in [0.15, 0.2) is 0 Å². The standard InChI is InChI=1S/C26H31FN4O/c27-24-17-20(18-28)10-11-22(24)19-30-15-12-21(13-16-30)25-9-5-2-6-14-31(25)26(32)29-23-7-3-1-4-8-23/h1,3-4,7-8,10-11,17,21,25H,2,5-6,9,12-16,19H2,(H,29,32)/t25-/m1/s1. The van der Waals surface area contributed by atoms with Gasteiger partial charge in [-0.1, -0.05) is 37.1 Å². The molecule has 0 unspecified atom stereocenters. The molecule has 32 heavy (non-hydrogen) atoms. The molecule has 1 N–H and O–H groups in total. The van der Waals surface area contributed by atoms with Crippen molar-refractivity contribution < 1.29 is 9.18 Å². The number of nitrogens with one attached hydrogen (secondary N) is 1. The molecule has 2 fully saturated rings. The fourth-order valence-electron chi connectivity index (χ4n) is 5.07. The van der Waals surface area contributed by atoms with Crippen molar-refractivity contribution in [2.45, 2.75) is 51.1 Å². The molecule has 0 saturated carbocycles. The molecule has 2 saturated heterocycles. The number of urea groups is 1. The van der Waals surface area contributed by atoms with Gasteiger partial charge in [0.25, 0.3) is 0 Å². The number of piperidine rings is 1. The van der Waals surface area contributed by atoms with Gasteiger partial charge in [-0.15, -0.1) is 0 Å². The summed E-state index contributed by atoms with van der Waals surface area (Å²) in [5.41, 5.74) is 1.83. The molecular weight excluding hydrogens is 403 g/mol. The summed E-state index contributed by atoms with van der Waals surface area (Å²) in [4.78, 5) is 17.5. The maximum atomic E-state index is 14.3. The van der Waals surface area contributed by atoms with Gasteiger partial charge in [-0.05, 0) is 69.0 Å². The van der Waals surface area contributed by atoms with Crippen LogP contribution in [0.25, 0.3) is 0 Å². The lowest BCUT2D eigenvalue weighted by atomic mass is 9.86. The Labute approximate surface area is 189 Å². The number of carbonyl (C=O) groups is 1. The quantitative estimate of drug-likeness (QED) is 0.702. The van der Waals surface area contributed by atoms with E-state index >= 15 is 0 Å². The average molecular weight is 435 g/mol. The van der Waals surface area contributed by atoms with Gasteiger partial charge in [0.05, 0.1) is 11.6 Å². The number of benzene rings is 2. The van der Waals surface area contributed by atoms with Crippen LogP contribution >= 0.6 is 0 Å². The number of anilines is 1. The number of hydrogen-bond acceptors (Lipinski definition) is 3. The smallest absolute Gasteiger partial charge is 0.321 e. The van der Waals surface area contributed by atoms with Crippen molar-refractivity contribution in [1.82, 2.24) is 9.80 Å². The molecule has 0 radical (unpaired) electrons. The van der Waals surface area contributed by atoms with Gasteiger partial charge in [-0.25, -0.2) is 9.18 Å². The van der Waals surface area contributed by atoms with Crippen LogP contribution in [-0.2, 0) is 6.54 Å². The topological polar surface area (TPSA) is 59.4 Å². The predicted molar refractivity (Wildman–Crippen MR) is 124 cm³/mol. The first-order chi connectivity index (χ1) is 15.6. The monoisotopic (exact) mass is 434 g/mol. The number of halogens is 1. The van der Waals surface area contributed by atoms with Crippen molar-refractivity contribution in [1.29, 1.82) is 5.26 Å².